The van der Waals surface area contributed by atoms with Crippen LogP contribution in [0.4, 0.5) is 0 Å². The first-order valence-corrected chi connectivity index (χ1v) is 7.16. The van der Waals surface area contributed by atoms with Crippen molar-refractivity contribution in [3.63, 3.8) is 0 Å². The number of likely N-dealkylation sites (tertiary alicyclic amines) is 1. The molecule has 110 valence electrons. The minimum Gasteiger partial charge on any atom is -0.480 e. The van der Waals surface area contributed by atoms with Crippen molar-refractivity contribution in [2.24, 2.45) is 17.0 Å². The molecule has 0 aromatic rings. The van der Waals surface area contributed by atoms with Gasteiger partial charge in [0.25, 0.3) is 0 Å². The average Bonchev–Trinajstić information content (AvgIpc) is 2.79. The van der Waals surface area contributed by atoms with Crippen LogP contribution >= 0.6 is 0 Å². The van der Waals surface area contributed by atoms with Gasteiger partial charge in [-0.1, -0.05) is 24.4 Å². The van der Waals surface area contributed by atoms with E-state index in [9.17, 15) is 14.7 Å². The Balaban J connectivity index is 2.07. The molecule has 1 saturated carbocycles. The second kappa shape index (κ2) is 6.61. The Kier molecular flexibility index (Phi) is 4.84. The standard InChI is InChI=1S/C13H20N4O3/c14-16-15-7-9-6-11(18)17(8-9)12(13(19)20)10-4-2-1-3-5-10/h9-10,12H,1-8H2,(H,19,20)/t9?,12-/m0/s1. The molecule has 1 aliphatic heterocycles. The van der Waals surface area contributed by atoms with Crippen LogP contribution in [-0.4, -0.2) is 41.0 Å². The van der Waals surface area contributed by atoms with Crippen LogP contribution in [0.3, 0.4) is 0 Å². The molecule has 0 aromatic heterocycles. The number of carboxylic acids is 1. The molecule has 2 fully saturated rings. The van der Waals surface area contributed by atoms with E-state index in [1.165, 1.54) is 4.90 Å². The minimum atomic E-state index is -0.908. The highest BCUT2D eigenvalue weighted by Crippen LogP contribution is 2.32. The number of hydrogen-bond donors (Lipinski definition) is 1. The van der Waals surface area contributed by atoms with E-state index >= 15 is 0 Å². The van der Waals surface area contributed by atoms with Crippen molar-refractivity contribution in [1.82, 2.24) is 4.90 Å². The summed E-state index contributed by atoms with van der Waals surface area (Å²) in [6, 6.07) is -0.709. The summed E-state index contributed by atoms with van der Waals surface area (Å²) in [4.78, 5) is 27.8. The van der Waals surface area contributed by atoms with Crippen LogP contribution in [-0.2, 0) is 9.59 Å². The number of carboxylic acid groups (broad SMARTS) is 1. The molecule has 1 unspecified atom stereocenters. The highest BCUT2D eigenvalue weighted by Gasteiger charge is 2.41. The van der Waals surface area contributed by atoms with Gasteiger partial charge in [-0.3, -0.25) is 4.79 Å². The lowest BCUT2D eigenvalue weighted by Gasteiger charge is -2.33. The lowest BCUT2D eigenvalue weighted by atomic mass is 9.83. The van der Waals surface area contributed by atoms with Gasteiger partial charge < -0.3 is 10.0 Å². The van der Waals surface area contributed by atoms with Crippen LogP contribution in [0, 0.1) is 11.8 Å². The fourth-order valence-electron chi connectivity index (χ4n) is 3.39. The molecule has 0 aromatic carbocycles. The van der Waals surface area contributed by atoms with Crippen LogP contribution in [0.1, 0.15) is 38.5 Å². The molecule has 0 spiro atoms. The van der Waals surface area contributed by atoms with E-state index in [1.54, 1.807) is 0 Å². The van der Waals surface area contributed by atoms with Crippen molar-refractivity contribution in [2.45, 2.75) is 44.6 Å². The van der Waals surface area contributed by atoms with Gasteiger partial charge in [-0.25, -0.2) is 4.79 Å². The third-order valence-corrected chi connectivity index (χ3v) is 4.33. The molecule has 7 nitrogen and oxygen atoms in total. The third-order valence-electron chi connectivity index (χ3n) is 4.33. The maximum Gasteiger partial charge on any atom is 0.326 e. The van der Waals surface area contributed by atoms with Crippen LogP contribution in [0.25, 0.3) is 10.4 Å². The molecule has 7 heteroatoms. The summed E-state index contributed by atoms with van der Waals surface area (Å²) < 4.78 is 0. The Morgan fingerprint density at radius 2 is 2.15 bits per heavy atom. The van der Waals surface area contributed by atoms with E-state index in [2.05, 4.69) is 10.0 Å². The maximum atomic E-state index is 12.1. The fourth-order valence-corrected chi connectivity index (χ4v) is 3.39. The number of azide groups is 1. The number of carbonyl (C=O) groups is 2. The van der Waals surface area contributed by atoms with Gasteiger partial charge in [-0.2, -0.15) is 0 Å². The van der Waals surface area contributed by atoms with E-state index in [1.807, 2.05) is 0 Å². The quantitative estimate of drug-likeness (QED) is 0.473. The third kappa shape index (κ3) is 3.22. The molecule has 2 atom stereocenters. The topological polar surface area (TPSA) is 106 Å². The molecule has 2 rings (SSSR count). The second-order valence-electron chi connectivity index (χ2n) is 5.71. The van der Waals surface area contributed by atoms with Gasteiger partial charge in [0, 0.05) is 24.4 Å². The summed E-state index contributed by atoms with van der Waals surface area (Å²) in [7, 11) is 0. The van der Waals surface area contributed by atoms with E-state index in [0.29, 0.717) is 6.54 Å². The first-order chi connectivity index (χ1) is 9.63. The van der Waals surface area contributed by atoms with Crippen molar-refractivity contribution in [1.29, 1.82) is 0 Å². The van der Waals surface area contributed by atoms with Crippen LogP contribution in [0.5, 0.6) is 0 Å². The Morgan fingerprint density at radius 3 is 2.75 bits per heavy atom. The molecular weight excluding hydrogens is 260 g/mol. The number of carbonyl (C=O) groups excluding carboxylic acids is 1. The molecule has 1 aliphatic carbocycles. The van der Waals surface area contributed by atoms with Crippen LogP contribution < -0.4 is 0 Å². The summed E-state index contributed by atoms with van der Waals surface area (Å²) >= 11 is 0. The average molecular weight is 280 g/mol. The Labute approximate surface area is 117 Å². The zero-order valence-corrected chi connectivity index (χ0v) is 11.4. The molecule has 2 aliphatic rings. The SMILES string of the molecule is [N-]=[N+]=NCC1CC(=O)N([C@H](C(=O)O)C2CCCCC2)C1. The summed E-state index contributed by atoms with van der Waals surface area (Å²) in [5.74, 6) is -1.02. The van der Waals surface area contributed by atoms with E-state index in [4.69, 9.17) is 5.53 Å². The Morgan fingerprint density at radius 1 is 1.45 bits per heavy atom. The Bertz CT molecular complexity index is 427. The summed E-state index contributed by atoms with van der Waals surface area (Å²) in [5, 5.41) is 13.0. The number of rotatable bonds is 5. The largest absolute Gasteiger partial charge is 0.480 e. The van der Waals surface area contributed by atoms with Gasteiger partial charge in [-0.05, 0) is 30.2 Å². The van der Waals surface area contributed by atoms with E-state index in [0.717, 1.165) is 32.1 Å². The summed E-state index contributed by atoms with van der Waals surface area (Å²) in [6.07, 6.45) is 5.27. The van der Waals surface area contributed by atoms with Crippen molar-refractivity contribution in [3.05, 3.63) is 10.4 Å². The maximum absolute atomic E-state index is 12.1. The van der Waals surface area contributed by atoms with Gasteiger partial charge in [-0.15, -0.1) is 0 Å². The van der Waals surface area contributed by atoms with Crippen molar-refractivity contribution in [3.8, 4) is 0 Å². The highest BCUT2D eigenvalue weighted by molar-refractivity contribution is 5.85. The smallest absolute Gasteiger partial charge is 0.326 e. The van der Waals surface area contributed by atoms with E-state index < -0.39 is 12.0 Å². The highest BCUT2D eigenvalue weighted by atomic mass is 16.4. The van der Waals surface area contributed by atoms with Crippen LogP contribution in [0.15, 0.2) is 5.11 Å². The molecule has 0 bridgehead atoms. The number of hydrogen-bond acceptors (Lipinski definition) is 3. The van der Waals surface area contributed by atoms with Gasteiger partial charge in [0.15, 0.2) is 0 Å². The van der Waals surface area contributed by atoms with Gasteiger partial charge in [0.2, 0.25) is 5.91 Å². The van der Waals surface area contributed by atoms with Gasteiger partial charge in [0.1, 0.15) is 6.04 Å². The molecule has 1 heterocycles. The van der Waals surface area contributed by atoms with E-state index in [-0.39, 0.29) is 30.7 Å². The molecule has 1 saturated heterocycles. The first-order valence-electron chi connectivity index (χ1n) is 7.16. The van der Waals surface area contributed by atoms with Crippen molar-refractivity contribution < 1.29 is 14.7 Å². The normalized spacial score (nSPS) is 25.3. The predicted octanol–water partition coefficient (Wildman–Crippen LogP) is 2.18. The lowest BCUT2D eigenvalue weighted by Crippen LogP contribution is -2.47. The number of amides is 1. The second-order valence-corrected chi connectivity index (χ2v) is 5.71. The molecule has 0 radical (unpaired) electrons. The number of aliphatic carboxylic acids is 1. The molecular formula is C13H20N4O3. The molecule has 1 amide bonds. The molecule has 20 heavy (non-hydrogen) atoms. The monoisotopic (exact) mass is 280 g/mol. The zero-order chi connectivity index (χ0) is 14.5. The first kappa shape index (κ1) is 14.7. The fraction of sp³-hybridized carbons (Fsp3) is 0.846. The van der Waals surface area contributed by atoms with Crippen molar-refractivity contribution >= 4 is 11.9 Å². The minimum absolute atomic E-state index is 0.0520. The lowest BCUT2D eigenvalue weighted by molar-refractivity contribution is -0.151. The summed E-state index contributed by atoms with van der Waals surface area (Å²) in [6.45, 7) is 0.654. The van der Waals surface area contributed by atoms with Crippen molar-refractivity contribution in [2.75, 3.05) is 13.1 Å². The zero-order valence-electron chi connectivity index (χ0n) is 11.4. The summed E-state index contributed by atoms with van der Waals surface area (Å²) in [5.41, 5.74) is 8.33. The van der Waals surface area contributed by atoms with Crippen LogP contribution in [0.2, 0.25) is 0 Å². The Hall–Kier alpha value is -1.75. The molecule has 1 N–H and O–H groups in total. The predicted molar refractivity (Wildman–Crippen MR) is 71.8 cm³/mol. The number of nitrogens with zero attached hydrogens (tertiary/aromatic N) is 4. The van der Waals surface area contributed by atoms with Gasteiger partial charge in [0.05, 0.1) is 0 Å². The van der Waals surface area contributed by atoms with Gasteiger partial charge >= 0.3 is 5.97 Å².